The summed E-state index contributed by atoms with van der Waals surface area (Å²) in [6.45, 7) is 3.10. The van der Waals surface area contributed by atoms with E-state index in [-0.39, 0.29) is 5.91 Å². The molecule has 6 heteroatoms. The van der Waals surface area contributed by atoms with Crippen molar-refractivity contribution in [1.82, 2.24) is 19.4 Å². The zero-order valence-corrected chi connectivity index (χ0v) is 11.4. The lowest BCUT2D eigenvalue weighted by molar-refractivity contribution is 0.0731. The Morgan fingerprint density at radius 3 is 2.40 bits per heavy atom. The Labute approximate surface area is 117 Å². The quantitative estimate of drug-likeness (QED) is 0.810. The van der Waals surface area contributed by atoms with Crippen LogP contribution in [0.3, 0.4) is 0 Å². The molecule has 104 valence electrons. The summed E-state index contributed by atoms with van der Waals surface area (Å²) >= 11 is 0. The topological polar surface area (TPSA) is 54.3 Å². The molecule has 0 saturated carbocycles. The van der Waals surface area contributed by atoms with Gasteiger partial charge in [0.15, 0.2) is 5.82 Å². The van der Waals surface area contributed by atoms with Crippen LogP contribution in [-0.4, -0.2) is 51.5 Å². The van der Waals surface area contributed by atoms with Crippen LogP contribution in [0.15, 0.2) is 36.9 Å². The minimum absolute atomic E-state index is 0.00637. The van der Waals surface area contributed by atoms with E-state index in [2.05, 4.69) is 14.9 Å². The number of aryl methyl sites for hydroxylation is 1. The van der Waals surface area contributed by atoms with Gasteiger partial charge in [0.1, 0.15) is 0 Å². The minimum Gasteiger partial charge on any atom is -0.368 e. The lowest BCUT2D eigenvalue weighted by atomic mass is 10.2. The van der Waals surface area contributed by atoms with Crippen molar-refractivity contribution in [3.63, 3.8) is 0 Å². The summed E-state index contributed by atoms with van der Waals surface area (Å²) in [4.78, 5) is 24.6. The van der Waals surface area contributed by atoms with Gasteiger partial charge < -0.3 is 14.4 Å². The first kappa shape index (κ1) is 12.7. The largest absolute Gasteiger partial charge is 0.368 e. The van der Waals surface area contributed by atoms with Crippen LogP contribution in [0.5, 0.6) is 0 Å². The van der Waals surface area contributed by atoms with E-state index in [0.29, 0.717) is 18.9 Å². The van der Waals surface area contributed by atoms with Crippen molar-refractivity contribution in [1.29, 1.82) is 0 Å². The summed E-state index contributed by atoms with van der Waals surface area (Å²) in [6, 6.07) is 3.99. The number of pyridine rings is 1. The molecule has 6 nitrogen and oxygen atoms in total. The number of anilines is 1. The molecule has 0 spiro atoms. The second kappa shape index (κ2) is 5.32. The number of carbonyl (C=O) groups excluding carboxylic acids is 1. The molecule has 0 unspecified atom stereocenters. The lowest BCUT2D eigenvalue weighted by Gasteiger charge is -2.35. The fraction of sp³-hybridized carbons (Fsp3) is 0.357. The fourth-order valence-corrected chi connectivity index (χ4v) is 2.44. The van der Waals surface area contributed by atoms with Gasteiger partial charge in [0.05, 0.1) is 0 Å². The van der Waals surface area contributed by atoms with Gasteiger partial charge in [-0.1, -0.05) is 0 Å². The predicted octanol–water partition coefficient (Wildman–Crippen LogP) is 0.777. The molecule has 20 heavy (non-hydrogen) atoms. The highest BCUT2D eigenvalue weighted by atomic mass is 16.2. The molecule has 2 aromatic rings. The third-order valence-electron chi connectivity index (χ3n) is 3.61. The van der Waals surface area contributed by atoms with E-state index in [0.717, 1.165) is 18.8 Å². The first-order chi connectivity index (χ1) is 9.75. The van der Waals surface area contributed by atoms with E-state index in [4.69, 9.17) is 0 Å². The number of imidazole rings is 1. The molecule has 0 atom stereocenters. The van der Waals surface area contributed by atoms with Crippen molar-refractivity contribution in [2.45, 2.75) is 0 Å². The summed E-state index contributed by atoms with van der Waals surface area (Å²) in [5.41, 5.74) is 1.16. The molecule has 3 rings (SSSR count). The number of rotatable bonds is 2. The number of hydrogen-bond acceptors (Lipinski definition) is 4. The number of aromatic nitrogens is 3. The van der Waals surface area contributed by atoms with Crippen molar-refractivity contribution in [3.8, 4) is 0 Å². The molecule has 3 heterocycles. The summed E-state index contributed by atoms with van der Waals surface area (Å²) in [5, 5.41) is 0. The Morgan fingerprint density at radius 1 is 1.10 bits per heavy atom. The normalized spacial score (nSPS) is 15.4. The van der Waals surface area contributed by atoms with Crippen molar-refractivity contribution < 1.29 is 4.79 Å². The van der Waals surface area contributed by atoms with Crippen LogP contribution in [0.2, 0.25) is 0 Å². The zero-order chi connectivity index (χ0) is 13.9. The third kappa shape index (κ3) is 2.36. The fourth-order valence-electron chi connectivity index (χ4n) is 2.44. The monoisotopic (exact) mass is 271 g/mol. The molecular formula is C14H17N5O. The average molecular weight is 271 g/mol. The lowest BCUT2D eigenvalue weighted by Crippen LogP contribution is -2.49. The maximum absolute atomic E-state index is 12.3. The Hall–Kier alpha value is -2.37. The molecule has 1 fully saturated rings. The molecule has 0 aromatic carbocycles. The van der Waals surface area contributed by atoms with E-state index in [9.17, 15) is 4.79 Å². The van der Waals surface area contributed by atoms with Crippen LogP contribution in [-0.2, 0) is 7.05 Å². The van der Waals surface area contributed by atoms with Crippen molar-refractivity contribution >= 4 is 11.6 Å². The Morgan fingerprint density at radius 2 is 1.80 bits per heavy atom. The summed E-state index contributed by atoms with van der Waals surface area (Å²) in [6.07, 6.45) is 7.03. The van der Waals surface area contributed by atoms with Crippen LogP contribution in [0.1, 0.15) is 10.6 Å². The van der Waals surface area contributed by atoms with E-state index in [1.165, 1.54) is 0 Å². The van der Waals surface area contributed by atoms with Crippen molar-refractivity contribution in [3.05, 3.63) is 42.7 Å². The highest BCUT2D eigenvalue weighted by molar-refractivity contribution is 5.91. The van der Waals surface area contributed by atoms with Crippen LogP contribution < -0.4 is 4.90 Å². The second-order valence-corrected chi connectivity index (χ2v) is 4.85. The summed E-state index contributed by atoms with van der Waals surface area (Å²) in [5.74, 6) is 0.509. The van der Waals surface area contributed by atoms with Gasteiger partial charge in [0, 0.05) is 63.7 Å². The maximum atomic E-state index is 12.3. The summed E-state index contributed by atoms with van der Waals surface area (Å²) < 4.78 is 1.76. The number of hydrogen-bond donors (Lipinski definition) is 0. The zero-order valence-electron chi connectivity index (χ0n) is 11.4. The first-order valence-electron chi connectivity index (χ1n) is 6.67. The second-order valence-electron chi connectivity index (χ2n) is 4.85. The SMILES string of the molecule is Cn1ccnc1C(=O)N1CCN(c2ccncc2)CC1. The molecule has 2 aromatic heterocycles. The van der Waals surface area contributed by atoms with Gasteiger partial charge >= 0.3 is 0 Å². The van der Waals surface area contributed by atoms with E-state index in [1.54, 1.807) is 29.4 Å². The van der Waals surface area contributed by atoms with E-state index in [1.807, 2.05) is 24.1 Å². The minimum atomic E-state index is 0.00637. The van der Waals surface area contributed by atoms with Gasteiger partial charge in [-0.3, -0.25) is 9.78 Å². The third-order valence-corrected chi connectivity index (χ3v) is 3.61. The molecule has 0 aliphatic carbocycles. The molecule has 1 saturated heterocycles. The van der Waals surface area contributed by atoms with Crippen molar-refractivity contribution in [2.24, 2.45) is 7.05 Å². The molecule has 1 aliphatic heterocycles. The number of amides is 1. The number of piperazine rings is 1. The highest BCUT2D eigenvalue weighted by Gasteiger charge is 2.24. The average Bonchev–Trinajstić information content (AvgIpc) is 2.94. The van der Waals surface area contributed by atoms with E-state index < -0.39 is 0 Å². The Kier molecular flexibility index (Phi) is 3.37. The first-order valence-corrected chi connectivity index (χ1v) is 6.67. The van der Waals surface area contributed by atoms with Crippen molar-refractivity contribution in [2.75, 3.05) is 31.1 Å². The molecule has 0 radical (unpaired) electrons. The summed E-state index contributed by atoms with van der Waals surface area (Å²) in [7, 11) is 1.84. The smallest absolute Gasteiger partial charge is 0.289 e. The Bertz CT molecular complexity index is 587. The molecule has 0 bridgehead atoms. The van der Waals surface area contributed by atoms with E-state index >= 15 is 0 Å². The van der Waals surface area contributed by atoms with Gasteiger partial charge in [0.2, 0.25) is 0 Å². The molecule has 1 aliphatic rings. The standard InChI is InChI=1S/C14H17N5O/c1-17-7-6-16-13(17)14(20)19-10-8-18(9-11-19)12-2-4-15-5-3-12/h2-7H,8-11H2,1H3. The van der Waals surface area contributed by atoms with Gasteiger partial charge in [0.25, 0.3) is 5.91 Å². The maximum Gasteiger partial charge on any atom is 0.289 e. The van der Waals surface area contributed by atoms with Crippen LogP contribution in [0.25, 0.3) is 0 Å². The van der Waals surface area contributed by atoms with Crippen LogP contribution in [0.4, 0.5) is 5.69 Å². The van der Waals surface area contributed by atoms with Crippen LogP contribution >= 0.6 is 0 Å². The molecular weight excluding hydrogens is 254 g/mol. The molecule has 0 N–H and O–H groups in total. The highest BCUT2D eigenvalue weighted by Crippen LogP contribution is 2.15. The van der Waals surface area contributed by atoms with Gasteiger partial charge in [-0.15, -0.1) is 0 Å². The number of carbonyl (C=O) groups is 1. The van der Waals surface area contributed by atoms with Gasteiger partial charge in [-0.05, 0) is 12.1 Å². The Balaban J connectivity index is 1.64. The predicted molar refractivity (Wildman–Crippen MR) is 75.6 cm³/mol. The molecule has 1 amide bonds. The number of nitrogens with zero attached hydrogens (tertiary/aromatic N) is 5. The van der Waals surface area contributed by atoms with Gasteiger partial charge in [-0.2, -0.15) is 0 Å². The van der Waals surface area contributed by atoms with Gasteiger partial charge in [-0.25, -0.2) is 4.98 Å². The van der Waals surface area contributed by atoms with Crippen LogP contribution in [0, 0.1) is 0 Å².